The Kier molecular flexibility index (Phi) is 7.86. The van der Waals surface area contributed by atoms with Gasteiger partial charge in [-0.15, -0.1) is 0 Å². The van der Waals surface area contributed by atoms with Crippen molar-refractivity contribution in [2.24, 2.45) is 0 Å². The van der Waals surface area contributed by atoms with E-state index in [1.807, 2.05) is 0 Å². The van der Waals surface area contributed by atoms with Gasteiger partial charge in [-0.1, -0.05) is 6.07 Å². The van der Waals surface area contributed by atoms with Crippen molar-refractivity contribution in [3.63, 3.8) is 0 Å². The number of methoxy groups -OCH3 is 1. The van der Waals surface area contributed by atoms with Gasteiger partial charge in [0.1, 0.15) is 12.4 Å². The third kappa shape index (κ3) is 8.60. The second-order valence-electron chi connectivity index (χ2n) is 4.72. The number of hydrogen-bond acceptors (Lipinski definition) is 6. The van der Waals surface area contributed by atoms with Gasteiger partial charge in [0.2, 0.25) is 5.91 Å². The molecule has 7 nitrogen and oxygen atoms in total. The highest BCUT2D eigenvalue weighted by Crippen LogP contribution is 2.17. The number of carbonyl (C=O) groups is 1. The number of nitrogens with one attached hydrogen (secondary N) is 2. The summed E-state index contributed by atoms with van der Waals surface area (Å²) in [6.07, 6.45) is 1.16. The third-order valence-corrected chi connectivity index (χ3v) is 3.52. The summed E-state index contributed by atoms with van der Waals surface area (Å²) in [5, 5.41) is 5.66. The summed E-state index contributed by atoms with van der Waals surface area (Å²) in [6.45, 7) is 1.40. The van der Waals surface area contributed by atoms with Crippen LogP contribution in [0.4, 0.5) is 5.69 Å². The largest absolute Gasteiger partial charge is 0.492 e. The van der Waals surface area contributed by atoms with Gasteiger partial charge in [0, 0.05) is 31.7 Å². The Hall–Kier alpha value is -1.64. The van der Waals surface area contributed by atoms with Crippen LogP contribution in [-0.2, 0) is 19.4 Å². The maximum absolute atomic E-state index is 11.7. The monoisotopic (exact) mass is 330 g/mol. The number of sulfone groups is 1. The van der Waals surface area contributed by atoms with E-state index in [1.54, 1.807) is 31.4 Å². The second kappa shape index (κ2) is 9.39. The van der Waals surface area contributed by atoms with Crippen LogP contribution in [0.5, 0.6) is 5.75 Å². The molecule has 0 spiro atoms. The highest BCUT2D eigenvalue weighted by atomic mass is 32.2. The van der Waals surface area contributed by atoms with Gasteiger partial charge in [0.25, 0.3) is 0 Å². The lowest BCUT2D eigenvalue weighted by atomic mass is 10.3. The molecule has 0 heterocycles. The minimum atomic E-state index is -3.05. The summed E-state index contributed by atoms with van der Waals surface area (Å²) in [7, 11) is -1.46. The lowest BCUT2D eigenvalue weighted by Crippen LogP contribution is -2.30. The van der Waals surface area contributed by atoms with Crippen LogP contribution in [0.15, 0.2) is 24.3 Å². The van der Waals surface area contributed by atoms with Crippen molar-refractivity contribution in [1.29, 1.82) is 0 Å². The van der Waals surface area contributed by atoms with Gasteiger partial charge in [-0.05, 0) is 12.1 Å². The lowest BCUT2D eigenvalue weighted by molar-refractivity contribution is -0.115. The van der Waals surface area contributed by atoms with Crippen LogP contribution in [0.3, 0.4) is 0 Å². The van der Waals surface area contributed by atoms with E-state index in [0.29, 0.717) is 24.6 Å². The van der Waals surface area contributed by atoms with Gasteiger partial charge in [-0.25, -0.2) is 8.42 Å². The highest BCUT2D eigenvalue weighted by molar-refractivity contribution is 7.90. The van der Waals surface area contributed by atoms with Crippen molar-refractivity contribution in [3.05, 3.63) is 24.3 Å². The molecule has 0 aromatic heterocycles. The van der Waals surface area contributed by atoms with Crippen molar-refractivity contribution >= 4 is 21.4 Å². The van der Waals surface area contributed by atoms with Gasteiger partial charge < -0.3 is 20.1 Å². The predicted octanol–water partition coefficient (Wildman–Crippen LogP) is 0.285. The Bertz CT molecular complexity index is 574. The van der Waals surface area contributed by atoms with Gasteiger partial charge in [-0.3, -0.25) is 4.79 Å². The zero-order valence-corrected chi connectivity index (χ0v) is 13.6. The molecule has 0 fully saturated rings. The smallest absolute Gasteiger partial charge is 0.238 e. The molecule has 0 bridgehead atoms. The first-order chi connectivity index (χ1) is 10.4. The van der Waals surface area contributed by atoms with Gasteiger partial charge in [-0.2, -0.15) is 0 Å². The molecule has 124 valence electrons. The average molecular weight is 330 g/mol. The van der Waals surface area contributed by atoms with Crippen LogP contribution in [0, 0.1) is 0 Å². The predicted molar refractivity (Wildman–Crippen MR) is 85.0 cm³/mol. The topological polar surface area (TPSA) is 93.7 Å². The summed E-state index contributed by atoms with van der Waals surface area (Å²) in [6, 6.07) is 6.81. The fourth-order valence-corrected chi connectivity index (χ4v) is 1.94. The van der Waals surface area contributed by atoms with E-state index in [9.17, 15) is 13.2 Å². The van der Waals surface area contributed by atoms with E-state index in [0.717, 1.165) is 6.26 Å². The number of rotatable bonds is 10. The summed E-state index contributed by atoms with van der Waals surface area (Å²) >= 11 is 0. The quantitative estimate of drug-likeness (QED) is 0.599. The Morgan fingerprint density at radius 3 is 2.73 bits per heavy atom. The molecule has 1 amide bonds. The second-order valence-corrected chi connectivity index (χ2v) is 6.98. The zero-order chi connectivity index (χ0) is 16.4. The Morgan fingerprint density at radius 2 is 2.05 bits per heavy atom. The van der Waals surface area contributed by atoms with Gasteiger partial charge >= 0.3 is 0 Å². The van der Waals surface area contributed by atoms with Gasteiger partial charge in [0.15, 0.2) is 9.84 Å². The third-order valence-electron chi connectivity index (χ3n) is 2.61. The van der Waals surface area contributed by atoms with E-state index < -0.39 is 9.84 Å². The molecule has 0 aliphatic carbocycles. The number of hydrogen-bond donors (Lipinski definition) is 2. The number of benzene rings is 1. The van der Waals surface area contributed by atoms with Crippen LogP contribution in [0.25, 0.3) is 0 Å². The van der Waals surface area contributed by atoms with Crippen LogP contribution in [-0.4, -0.2) is 59.7 Å². The molecular weight excluding hydrogens is 308 g/mol. The summed E-state index contributed by atoms with van der Waals surface area (Å²) in [4.78, 5) is 11.7. The van der Waals surface area contributed by atoms with Crippen molar-refractivity contribution in [2.45, 2.75) is 0 Å². The van der Waals surface area contributed by atoms with Crippen LogP contribution in [0.2, 0.25) is 0 Å². The molecule has 0 radical (unpaired) electrons. The van der Waals surface area contributed by atoms with Crippen molar-refractivity contribution in [1.82, 2.24) is 5.32 Å². The summed E-state index contributed by atoms with van der Waals surface area (Å²) < 4.78 is 32.3. The van der Waals surface area contributed by atoms with E-state index in [4.69, 9.17) is 9.47 Å². The number of anilines is 1. The van der Waals surface area contributed by atoms with E-state index >= 15 is 0 Å². The minimum Gasteiger partial charge on any atom is -0.492 e. The molecule has 0 atom stereocenters. The van der Waals surface area contributed by atoms with Crippen molar-refractivity contribution in [2.75, 3.05) is 50.7 Å². The van der Waals surface area contributed by atoms with Crippen LogP contribution in [0.1, 0.15) is 0 Å². The molecule has 2 N–H and O–H groups in total. The van der Waals surface area contributed by atoms with Gasteiger partial charge in [0.05, 0.1) is 18.9 Å². The normalized spacial score (nSPS) is 11.2. The van der Waals surface area contributed by atoms with E-state index in [2.05, 4.69) is 10.6 Å². The molecule has 0 saturated heterocycles. The molecule has 0 saturated carbocycles. The molecule has 1 aromatic carbocycles. The summed E-state index contributed by atoms with van der Waals surface area (Å²) in [5.74, 6) is 0.283. The first-order valence-electron chi connectivity index (χ1n) is 6.81. The maximum Gasteiger partial charge on any atom is 0.238 e. The highest BCUT2D eigenvalue weighted by Gasteiger charge is 2.05. The molecule has 8 heteroatoms. The fourth-order valence-electron chi connectivity index (χ4n) is 1.56. The number of amides is 1. The SMILES string of the molecule is COCCNCC(=O)Nc1cccc(OCCS(C)(=O)=O)c1. The van der Waals surface area contributed by atoms with E-state index in [-0.39, 0.29) is 24.8 Å². The standard InChI is InChI=1S/C14H22N2O5S/c1-20-7-6-15-11-14(17)16-12-4-3-5-13(10-12)21-8-9-22(2,18)19/h3-5,10,15H,6-9,11H2,1-2H3,(H,16,17). The van der Waals surface area contributed by atoms with E-state index in [1.165, 1.54) is 0 Å². The minimum absolute atomic E-state index is 0.0486. The first-order valence-corrected chi connectivity index (χ1v) is 8.87. The first kappa shape index (κ1) is 18.4. The number of ether oxygens (including phenoxy) is 2. The molecule has 0 unspecified atom stereocenters. The molecule has 0 aliphatic rings. The molecule has 22 heavy (non-hydrogen) atoms. The average Bonchev–Trinajstić information content (AvgIpc) is 2.43. The van der Waals surface area contributed by atoms with Crippen molar-refractivity contribution in [3.8, 4) is 5.75 Å². The Balaban J connectivity index is 2.41. The molecule has 1 aromatic rings. The maximum atomic E-state index is 11.7. The number of carbonyl (C=O) groups excluding carboxylic acids is 1. The lowest BCUT2D eigenvalue weighted by Gasteiger charge is -2.09. The molecule has 0 aliphatic heterocycles. The molecular formula is C14H22N2O5S. The molecule has 1 rings (SSSR count). The van der Waals surface area contributed by atoms with Crippen molar-refractivity contribution < 1.29 is 22.7 Å². The fraction of sp³-hybridized carbons (Fsp3) is 0.500. The van der Waals surface area contributed by atoms with Crippen LogP contribution >= 0.6 is 0 Å². The van der Waals surface area contributed by atoms with Crippen LogP contribution < -0.4 is 15.4 Å². The summed E-state index contributed by atoms with van der Waals surface area (Å²) in [5.41, 5.74) is 0.593. The zero-order valence-electron chi connectivity index (χ0n) is 12.8. The Morgan fingerprint density at radius 1 is 1.27 bits per heavy atom. The Labute approximate surface area is 130 Å².